The van der Waals surface area contributed by atoms with Gasteiger partial charge in [0, 0.05) is 12.1 Å². The molecule has 0 aromatic rings. The van der Waals surface area contributed by atoms with Gasteiger partial charge in [-0.3, -0.25) is 0 Å². The van der Waals surface area contributed by atoms with Gasteiger partial charge in [-0.25, -0.2) is 0 Å². The Morgan fingerprint density at radius 3 is 3.00 bits per heavy atom. The molecule has 11 heavy (non-hydrogen) atoms. The fourth-order valence-electron chi connectivity index (χ4n) is 1.55. The smallest absolute Gasteiger partial charge is 0.0612 e. The average molecular weight is 155 g/mol. The number of nitrogens with one attached hydrogen (secondary N) is 1. The highest BCUT2D eigenvalue weighted by Gasteiger charge is 2.14. The van der Waals surface area contributed by atoms with E-state index in [4.69, 9.17) is 5.11 Å². The lowest BCUT2D eigenvalue weighted by atomic mass is 9.99. The molecule has 2 atom stereocenters. The predicted molar refractivity (Wildman–Crippen MR) is 46.5 cm³/mol. The fraction of sp³-hybridized carbons (Fsp3) is 0.778. The van der Waals surface area contributed by atoms with Crippen LogP contribution in [0.4, 0.5) is 0 Å². The fourth-order valence-corrected chi connectivity index (χ4v) is 1.55. The number of piperidine rings is 1. The number of hydrogen-bond donors (Lipinski definition) is 2. The van der Waals surface area contributed by atoms with Crippen molar-refractivity contribution in [1.82, 2.24) is 5.32 Å². The Balaban J connectivity index is 2.28. The predicted octanol–water partition coefficient (Wildman–Crippen LogP) is 1.07. The summed E-state index contributed by atoms with van der Waals surface area (Å²) >= 11 is 0. The lowest BCUT2D eigenvalue weighted by Gasteiger charge is -2.26. The van der Waals surface area contributed by atoms with Crippen LogP contribution < -0.4 is 5.32 Å². The molecule has 0 bridgehead atoms. The first-order chi connectivity index (χ1) is 5.33. The summed E-state index contributed by atoms with van der Waals surface area (Å²) in [4.78, 5) is 0. The van der Waals surface area contributed by atoms with E-state index in [0.717, 1.165) is 0 Å². The maximum atomic E-state index is 8.55. The van der Waals surface area contributed by atoms with Gasteiger partial charge in [0.1, 0.15) is 0 Å². The highest BCUT2D eigenvalue weighted by Crippen LogP contribution is 2.12. The van der Waals surface area contributed by atoms with Gasteiger partial charge in [-0.1, -0.05) is 18.6 Å². The molecule has 2 N–H and O–H groups in total. The van der Waals surface area contributed by atoms with Crippen LogP contribution in [-0.2, 0) is 0 Å². The standard InChI is InChI=1S/C9H17NO/c1-8-4-2-5-9(10-8)6-3-7-11/h3,6,8-11H,2,4-5,7H2,1H3/b6-3-/t8-,9-/m0/s1. The van der Waals surface area contributed by atoms with Crippen molar-refractivity contribution < 1.29 is 5.11 Å². The minimum Gasteiger partial charge on any atom is -0.392 e. The second-order valence-corrected chi connectivity index (χ2v) is 3.22. The Labute approximate surface area is 68.3 Å². The molecule has 2 nitrogen and oxygen atoms in total. The first-order valence-corrected chi connectivity index (χ1v) is 4.36. The summed E-state index contributed by atoms with van der Waals surface area (Å²) < 4.78 is 0. The van der Waals surface area contributed by atoms with Crippen molar-refractivity contribution >= 4 is 0 Å². The van der Waals surface area contributed by atoms with Crippen molar-refractivity contribution in [3.8, 4) is 0 Å². The van der Waals surface area contributed by atoms with Crippen LogP contribution in [0.1, 0.15) is 26.2 Å². The van der Waals surface area contributed by atoms with Crippen molar-refractivity contribution in [3.05, 3.63) is 12.2 Å². The Morgan fingerprint density at radius 2 is 2.36 bits per heavy atom. The molecular formula is C9H17NO. The van der Waals surface area contributed by atoms with E-state index in [1.54, 1.807) is 0 Å². The van der Waals surface area contributed by atoms with E-state index < -0.39 is 0 Å². The third-order valence-electron chi connectivity index (χ3n) is 2.12. The van der Waals surface area contributed by atoms with Gasteiger partial charge in [0.2, 0.25) is 0 Å². The quantitative estimate of drug-likeness (QED) is 0.584. The van der Waals surface area contributed by atoms with Crippen molar-refractivity contribution in [1.29, 1.82) is 0 Å². The Hall–Kier alpha value is -0.340. The van der Waals surface area contributed by atoms with Gasteiger partial charge in [-0.2, -0.15) is 0 Å². The maximum Gasteiger partial charge on any atom is 0.0612 e. The van der Waals surface area contributed by atoms with Crippen LogP contribution >= 0.6 is 0 Å². The van der Waals surface area contributed by atoms with E-state index in [2.05, 4.69) is 18.3 Å². The summed E-state index contributed by atoms with van der Waals surface area (Å²) in [6.45, 7) is 2.37. The largest absolute Gasteiger partial charge is 0.392 e. The molecule has 1 heterocycles. The van der Waals surface area contributed by atoms with E-state index in [1.165, 1.54) is 19.3 Å². The third-order valence-corrected chi connectivity index (χ3v) is 2.12. The van der Waals surface area contributed by atoms with Gasteiger partial charge >= 0.3 is 0 Å². The second kappa shape index (κ2) is 4.52. The summed E-state index contributed by atoms with van der Waals surface area (Å²) in [7, 11) is 0. The highest BCUT2D eigenvalue weighted by atomic mass is 16.2. The number of hydrogen-bond acceptors (Lipinski definition) is 2. The molecule has 1 rings (SSSR count). The first-order valence-electron chi connectivity index (χ1n) is 4.36. The van der Waals surface area contributed by atoms with Crippen molar-refractivity contribution in [3.63, 3.8) is 0 Å². The number of aliphatic hydroxyl groups is 1. The summed E-state index contributed by atoms with van der Waals surface area (Å²) in [6.07, 6.45) is 7.67. The molecule has 0 amide bonds. The molecule has 0 aliphatic carbocycles. The van der Waals surface area contributed by atoms with Gasteiger partial charge in [0.15, 0.2) is 0 Å². The molecule has 1 saturated heterocycles. The topological polar surface area (TPSA) is 32.3 Å². The molecule has 2 heteroatoms. The van der Waals surface area contributed by atoms with E-state index >= 15 is 0 Å². The van der Waals surface area contributed by atoms with Crippen molar-refractivity contribution in [2.24, 2.45) is 0 Å². The molecule has 64 valence electrons. The van der Waals surface area contributed by atoms with Crippen molar-refractivity contribution in [2.75, 3.05) is 6.61 Å². The normalized spacial score (nSPS) is 32.9. The highest BCUT2D eigenvalue weighted by molar-refractivity contribution is 4.95. The van der Waals surface area contributed by atoms with Crippen molar-refractivity contribution in [2.45, 2.75) is 38.3 Å². The first kappa shape index (κ1) is 8.75. The Bertz CT molecular complexity index is 134. The zero-order chi connectivity index (χ0) is 8.10. The zero-order valence-electron chi connectivity index (χ0n) is 7.09. The molecule has 0 radical (unpaired) electrons. The van der Waals surface area contributed by atoms with Crippen LogP contribution in [0, 0.1) is 0 Å². The SMILES string of the molecule is C[C@H]1CCC[C@@H](/C=C\CO)N1. The van der Waals surface area contributed by atoms with Crippen LogP contribution in [0.5, 0.6) is 0 Å². The number of rotatable bonds is 2. The van der Waals surface area contributed by atoms with Crippen LogP contribution in [0.15, 0.2) is 12.2 Å². The van der Waals surface area contributed by atoms with Crippen LogP contribution in [-0.4, -0.2) is 23.8 Å². The van der Waals surface area contributed by atoms with Crippen LogP contribution in [0.3, 0.4) is 0 Å². The minimum atomic E-state index is 0.159. The molecule has 0 aromatic carbocycles. The van der Waals surface area contributed by atoms with Gasteiger partial charge in [0.05, 0.1) is 6.61 Å². The van der Waals surface area contributed by atoms with Gasteiger partial charge < -0.3 is 10.4 Å². The van der Waals surface area contributed by atoms with E-state index in [1.807, 2.05) is 6.08 Å². The summed E-state index contributed by atoms with van der Waals surface area (Å²) in [6, 6.07) is 1.13. The minimum absolute atomic E-state index is 0.159. The maximum absolute atomic E-state index is 8.55. The zero-order valence-corrected chi connectivity index (χ0v) is 7.09. The van der Waals surface area contributed by atoms with Gasteiger partial charge in [0.25, 0.3) is 0 Å². The van der Waals surface area contributed by atoms with Crippen LogP contribution in [0.2, 0.25) is 0 Å². The third kappa shape index (κ3) is 3.04. The number of aliphatic hydroxyl groups excluding tert-OH is 1. The van der Waals surface area contributed by atoms with E-state index in [-0.39, 0.29) is 6.61 Å². The monoisotopic (exact) mass is 155 g/mol. The average Bonchev–Trinajstić information content (AvgIpc) is 2.01. The van der Waals surface area contributed by atoms with Gasteiger partial charge in [-0.15, -0.1) is 0 Å². The van der Waals surface area contributed by atoms with E-state index in [9.17, 15) is 0 Å². The Kier molecular flexibility index (Phi) is 3.60. The molecule has 0 aromatic heterocycles. The summed E-state index contributed by atoms with van der Waals surface area (Å²) in [5.41, 5.74) is 0. The molecular weight excluding hydrogens is 138 g/mol. The lowest BCUT2D eigenvalue weighted by molar-refractivity contribution is 0.338. The molecule has 0 saturated carbocycles. The molecule has 0 spiro atoms. The molecule has 0 unspecified atom stereocenters. The summed E-state index contributed by atoms with van der Waals surface area (Å²) in [5.74, 6) is 0. The van der Waals surface area contributed by atoms with Crippen LogP contribution in [0.25, 0.3) is 0 Å². The van der Waals surface area contributed by atoms with E-state index in [0.29, 0.717) is 12.1 Å². The second-order valence-electron chi connectivity index (χ2n) is 3.22. The molecule has 1 aliphatic heterocycles. The Morgan fingerprint density at radius 1 is 1.55 bits per heavy atom. The van der Waals surface area contributed by atoms with Gasteiger partial charge in [-0.05, 0) is 19.8 Å². The lowest BCUT2D eigenvalue weighted by Crippen LogP contribution is -2.39. The molecule has 1 fully saturated rings. The molecule has 1 aliphatic rings. The summed E-state index contributed by atoms with van der Waals surface area (Å²) in [5, 5.41) is 12.0.